The number of carboxylic acids is 1. The van der Waals surface area contributed by atoms with E-state index in [0.717, 1.165) is 5.39 Å². The Bertz CT molecular complexity index is 1630. The molecule has 42 heavy (non-hydrogen) atoms. The number of hydrogen-bond donors (Lipinski definition) is 4. The molecule has 2 atom stereocenters. The van der Waals surface area contributed by atoms with Gasteiger partial charge in [0.25, 0.3) is 11.8 Å². The van der Waals surface area contributed by atoms with E-state index in [1.807, 2.05) is 12.1 Å². The average molecular weight is 613 g/mol. The molecule has 3 heterocycles. The van der Waals surface area contributed by atoms with E-state index >= 15 is 0 Å². The van der Waals surface area contributed by atoms with Crippen molar-refractivity contribution in [1.82, 2.24) is 20.4 Å². The van der Waals surface area contributed by atoms with Crippen LogP contribution >= 0.6 is 23.2 Å². The first-order valence-electron chi connectivity index (χ1n) is 13.1. The highest BCUT2D eigenvalue weighted by atomic mass is 35.5. The second kappa shape index (κ2) is 12.3. The topological polar surface area (TPSA) is 172 Å². The minimum absolute atomic E-state index is 0.0115. The lowest BCUT2D eigenvalue weighted by Crippen LogP contribution is -2.51. The first kappa shape index (κ1) is 29.2. The zero-order chi connectivity index (χ0) is 30.0. The number of carboxylic acid groups (broad SMARTS) is 1. The van der Waals surface area contributed by atoms with Gasteiger partial charge in [0.1, 0.15) is 11.6 Å². The summed E-state index contributed by atoms with van der Waals surface area (Å²) >= 11 is 13.1. The highest BCUT2D eigenvalue weighted by molar-refractivity contribution is 6.40. The Morgan fingerprint density at radius 3 is 2.71 bits per heavy atom. The van der Waals surface area contributed by atoms with E-state index in [0.29, 0.717) is 48.2 Å². The third-order valence-electron chi connectivity index (χ3n) is 7.31. The number of nitriles is 1. The lowest BCUT2D eigenvalue weighted by molar-refractivity contribution is -0.139. The van der Waals surface area contributed by atoms with Gasteiger partial charge in [-0.1, -0.05) is 29.3 Å². The summed E-state index contributed by atoms with van der Waals surface area (Å²) in [4.78, 5) is 45.4. The van der Waals surface area contributed by atoms with Crippen LogP contribution in [-0.2, 0) is 17.8 Å². The number of benzene rings is 2. The quantitative estimate of drug-likeness (QED) is 0.185. The van der Waals surface area contributed by atoms with Crippen LogP contribution in [0.1, 0.15) is 38.3 Å². The number of β-amino-alcohol motifs (C(OH)–C–C–N with tert-alkyl or cyclic N) is 1. The largest absolute Gasteiger partial charge is 0.480 e. The molecule has 1 aromatic heterocycles. The van der Waals surface area contributed by atoms with E-state index in [1.54, 1.807) is 40.5 Å². The van der Waals surface area contributed by atoms with E-state index in [4.69, 9.17) is 32.9 Å². The molecule has 218 valence electrons. The highest BCUT2D eigenvalue weighted by Crippen LogP contribution is 2.35. The number of carbonyl (C=O) groups is 3. The number of rotatable bonds is 6. The van der Waals surface area contributed by atoms with Crippen molar-refractivity contribution in [2.24, 2.45) is 4.99 Å². The van der Waals surface area contributed by atoms with Crippen LogP contribution in [0.3, 0.4) is 0 Å². The molecule has 3 aromatic rings. The fourth-order valence-corrected chi connectivity index (χ4v) is 5.89. The summed E-state index contributed by atoms with van der Waals surface area (Å²) < 4.78 is 5.41. The number of fused-ring (bicyclic) bond motifs is 2. The van der Waals surface area contributed by atoms with Crippen molar-refractivity contribution in [3.8, 4) is 6.19 Å². The van der Waals surface area contributed by atoms with Crippen LogP contribution in [0.2, 0.25) is 10.0 Å². The summed E-state index contributed by atoms with van der Waals surface area (Å²) in [5.74, 6) is -2.21. The summed E-state index contributed by atoms with van der Waals surface area (Å²) in [5.41, 5.74) is 2.35. The van der Waals surface area contributed by atoms with Crippen molar-refractivity contribution >= 4 is 57.9 Å². The summed E-state index contributed by atoms with van der Waals surface area (Å²) in [6.45, 7) is 0.939. The molecule has 1 saturated heterocycles. The van der Waals surface area contributed by atoms with Crippen LogP contribution in [0.25, 0.3) is 11.0 Å². The molecule has 2 aliphatic heterocycles. The Kier molecular flexibility index (Phi) is 8.54. The maximum atomic E-state index is 13.2. The number of likely N-dealkylation sites (tertiary alicyclic amines) is 1. The van der Waals surface area contributed by atoms with Crippen molar-refractivity contribution < 1.29 is 29.0 Å². The van der Waals surface area contributed by atoms with Crippen molar-refractivity contribution in [2.45, 2.75) is 31.5 Å². The normalized spacial score (nSPS) is 17.5. The molecule has 0 bridgehead atoms. The number of hydrogen-bond acceptors (Lipinski definition) is 7. The molecule has 2 amide bonds. The predicted octanol–water partition coefficient (Wildman–Crippen LogP) is 2.61. The minimum atomic E-state index is -1.42. The van der Waals surface area contributed by atoms with Gasteiger partial charge in [0.05, 0.1) is 28.0 Å². The van der Waals surface area contributed by atoms with Gasteiger partial charge in [-0.25, -0.2) is 4.79 Å². The first-order valence-corrected chi connectivity index (χ1v) is 13.9. The van der Waals surface area contributed by atoms with Gasteiger partial charge < -0.3 is 35.1 Å². The van der Waals surface area contributed by atoms with E-state index < -0.39 is 24.0 Å². The number of halogens is 2. The number of aliphatic carboxylic acids is 1. The molecule has 0 spiro atoms. The first-order chi connectivity index (χ1) is 20.2. The van der Waals surface area contributed by atoms with Gasteiger partial charge in [-0.2, -0.15) is 5.26 Å². The molecule has 0 saturated carbocycles. The second-order valence-corrected chi connectivity index (χ2v) is 10.8. The smallest absolute Gasteiger partial charge is 0.328 e. The van der Waals surface area contributed by atoms with Gasteiger partial charge >= 0.3 is 5.97 Å². The summed E-state index contributed by atoms with van der Waals surface area (Å²) in [5, 5.41) is 34.7. The third-order valence-corrected chi connectivity index (χ3v) is 8.02. The van der Waals surface area contributed by atoms with Crippen LogP contribution in [0.15, 0.2) is 46.0 Å². The molecule has 2 aliphatic rings. The molecule has 12 nitrogen and oxygen atoms in total. The van der Waals surface area contributed by atoms with Gasteiger partial charge in [-0.05, 0) is 48.2 Å². The number of carbonyl (C=O) groups excluding carboxylic acids is 2. The number of aliphatic imine (C=N–C) groups is 1. The Morgan fingerprint density at radius 2 is 2.00 bits per heavy atom. The molecule has 4 N–H and O–H groups in total. The number of aliphatic hydroxyl groups is 1. The average Bonchev–Trinajstić information content (AvgIpc) is 3.62. The van der Waals surface area contributed by atoms with Crippen LogP contribution in [-0.4, -0.2) is 82.1 Å². The van der Waals surface area contributed by atoms with E-state index in [-0.39, 0.29) is 47.1 Å². The number of aliphatic hydroxyl groups excluding tert-OH is 1. The molecule has 0 radical (unpaired) electrons. The molecule has 1 fully saturated rings. The van der Waals surface area contributed by atoms with Crippen molar-refractivity contribution in [2.75, 3.05) is 26.2 Å². The summed E-state index contributed by atoms with van der Waals surface area (Å²) in [7, 11) is 0. The second-order valence-electron chi connectivity index (χ2n) is 10.0. The highest BCUT2D eigenvalue weighted by Gasteiger charge is 2.30. The number of nitrogens with zero attached hydrogens (tertiary/aromatic N) is 4. The van der Waals surface area contributed by atoms with E-state index in [2.05, 4.69) is 15.6 Å². The monoisotopic (exact) mass is 612 g/mol. The number of guanidine groups is 1. The molecular weight excluding hydrogens is 587 g/mol. The Hall–Kier alpha value is -4.31. The number of amides is 2. The fourth-order valence-electron chi connectivity index (χ4n) is 5.13. The summed E-state index contributed by atoms with van der Waals surface area (Å²) in [6.07, 6.45) is 3.46. The molecule has 5 rings (SSSR count). The maximum Gasteiger partial charge on any atom is 0.328 e. The molecule has 0 aliphatic carbocycles. The SMILES string of the molecule is N#C/N=C(/NC[C@H](NC(=O)c1c(Cl)cc2c(c1Cl)CCN(C(=O)c1ccc3ccoc3c1)C2)C(=O)O)N1CCC(O)C1. The Labute approximate surface area is 250 Å². The maximum absolute atomic E-state index is 13.2. The minimum Gasteiger partial charge on any atom is -0.480 e. The van der Waals surface area contributed by atoms with Crippen LogP contribution < -0.4 is 10.6 Å². The van der Waals surface area contributed by atoms with Crippen LogP contribution in [0.5, 0.6) is 0 Å². The Balaban J connectivity index is 1.29. The van der Waals surface area contributed by atoms with E-state index in [1.165, 1.54) is 0 Å². The predicted molar refractivity (Wildman–Crippen MR) is 153 cm³/mol. The zero-order valence-corrected chi connectivity index (χ0v) is 23.7. The number of nitrogens with one attached hydrogen (secondary N) is 2. The van der Waals surface area contributed by atoms with Gasteiger partial charge in [-0.15, -0.1) is 4.99 Å². The molecule has 14 heteroatoms. The van der Waals surface area contributed by atoms with Crippen molar-refractivity contribution in [3.63, 3.8) is 0 Å². The molecule has 2 aromatic carbocycles. The van der Waals surface area contributed by atoms with Crippen LogP contribution in [0.4, 0.5) is 0 Å². The van der Waals surface area contributed by atoms with E-state index in [9.17, 15) is 24.6 Å². The zero-order valence-electron chi connectivity index (χ0n) is 22.1. The van der Waals surface area contributed by atoms with Gasteiger partial charge in [-0.3, -0.25) is 9.59 Å². The van der Waals surface area contributed by atoms with Gasteiger partial charge in [0.15, 0.2) is 0 Å². The lowest BCUT2D eigenvalue weighted by atomic mass is 9.96. The van der Waals surface area contributed by atoms with Gasteiger partial charge in [0, 0.05) is 43.7 Å². The van der Waals surface area contributed by atoms with Crippen LogP contribution in [0, 0.1) is 11.5 Å². The summed E-state index contributed by atoms with van der Waals surface area (Å²) in [6, 6.07) is 7.21. The fraction of sp³-hybridized carbons (Fsp3) is 0.321. The molecular formula is C28H26Cl2N6O6. The molecule has 1 unspecified atom stereocenters. The number of furan rings is 1. The Morgan fingerprint density at radius 1 is 1.19 bits per heavy atom. The lowest BCUT2D eigenvalue weighted by Gasteiger charge is -2.30. The third kappa shape index (κ3) is 5.99. The van der Waals surface area contributed by atoms with Crippen molar-refractivity contribution in [3.05, 3.63) is 68.9 Å². The van der Waals surface area contributed by atoms with Crippen molar-refractivity contribution in [1.29, 1.82) is 5.26 Å². The van der Waals surface area contributed by atoms with Gasteiger partial charge in [0.2, 0.25) is 12.2 Å². The standard InChI is InChI=1S/C28H26Cl2N6O6/c29-20-9-17-12-35(26(39)16-2-1-15-5-8-42-22(15)10-16)7-4-19(17)24(30)23(20)25(38)34-21(27(40)41)11-32-28(33-14-31)36-6-3-18(37)13-36/h1-2,5,8-10,18,21,37H,3-4,6-7,11-13H2,(H,32,33)(H,34,38)(H,40,41)/t18?,21-/m0/s1.